The van der Waals surface area contributed by atoms with Gasteiger partial charge in [-0.05, 0) is 110 Å². The van der Waals surface area contributed by atoms with Crippen molar-refractivity contribution in [3.8, 4) is 0 Å². The summed E-state index contributed by atoms with van der Waals surface area (Å²) in [5.41, 5.74) is 1.10. The van der Waals surface area contributed by atoms with Crippen LogP contribution in [0.2, 0.25) is 0 Å². The van der Waals surface area contributed by atoms with Gasteiger partial charge in [-0.3, -0.25) is 4.79 Å². The smallest absolute Gasteiger partial charge is 0.307 e. The normalized spacial score (nSPS) is 42.6. The predicted octanol–water partition coefficient (Wildman–Crippen LogP) is 8.06. The molecule has 0 aromatic carbocycles. The SMILES string of the molecule is COC(=O)CCOC1CC[C@@]2(C)C(CCC3C2CC[C@@]2(C)C3CC[C@@H]2C(C)CCCC(C)C)C1. The number of carbonyl (C=O) groups is 1. The second kappa shape index (κ2) is 10.8. The minimum absolute atomic E-state index is 0.157. The van der Waals surface area contributed by atoms with Crippen molar-refractivity contribution in [3.05, 3.63) is 0 Å². The first-order valence-corrected chi connectivity index (χ1v) is 14.9. The van der Waals surface area contributed by atoms with E-state index in [1.807, 2.05) is 0 Å². The van der Waals surface area contributed by atoms with E-state index < -0.39 is 0 Å². The van der Waals surface area contributed by atoms with Crippen LogP contribution < -0.4 is 0 Å². The van der Waals surface area contributed by atoms with Crippen molar-refractivity contribution in [1.82, 2.24) is 0 Å². The molecule has 4 saturated carbocycles. The van der Waals surface area contributed by atoms with Gasteiger partial charge in [0.1, 0.15) is 0 Å². The maximum atomic E-state index is 11.4. The molecule has 6 unspecified atom stereocenters. The molecule has 0 bridgehead atoms. The Kier molecular flexibility index (Phi) is 8.43. The van der Waals surface area contributed by atoms with Crippen LogP contribution in [0.5, 0.6) is 0 Å². The number of hydrogen-bond acceptors (Lipinski definition) is 3. The lowest BCUT2D eigenvalue weighted by Crippen LogP contribution is -2.54. The monoisotopic (exact) mass is 474 g/mol. The summed E-state index contributed by atoms with van der Waals surface area (Å²) in [6.45, 7) is 13.2. The molecule has 4 rings (SSSR count). The van der Waals surface area contributed by atoms with Gasteiger partial charge in [-0.15, -0.1) is 0 Å². The second-order valence-corrected chi connectivity index (χ2v) is 13.8. The Hall–Kier alpha value is -0.570. The van der Waals surface area contributed by atoms with Crippen LogP contribution in [0.4, 0.5) is 0 Å². The highest BCUT2D eigenvalue weighted by Gasteiger charge is 2.60. The van der Waals surface area contributed by atoms with E-state index in [-0.39, 0.29) is 5.97 Å². The summed E-state index contributed by atoms with van der Waals surface area (Å²) in [5.74, 6) is 6.21. The second-order valence-electron chi connectivity index (χ2n) is 13.8. The molecule has 0 amide bonds. The summed E-state index contributed by atoms with van der Waals surface area (Å²) in [7, 11) is 1.46. The van der Waals surface area contributed by atoms with Gasteiger partial charge in [0.25, 0.3) is 0 Å². The minimum Gasteiger partial charge on any atom is -0.469 e. The van der Waals surface area contributed by atoms with E-state index in [2.05, 4.69) is 34.6 Å². The highest BCUT2D eigenvalue weighted by atomic mass is 16.5. The van der Waals surface area contributed by atoms with E-state index in [1.165, 1.54) is 84.2 Å². The Balaban J connectivity index is 1.36. The van der Waals surface area contributed by atoms with Crippen LogP contribution in [0, 0.1) is 52.3 Å². The molecular formula is C31H54O3. The van der Waals surface area contributed by atoms with Crippen molar-refractivity contribution >= 4 is 5.97 Å². The summed E-state index contributed by atoms with van der Waals surface area (Å²) in [5, 5.41) is 0. The van der Waals surface area contributed by atoms with Crippen LogP contribution in [0.3, 0.4) is 0 Å². The number of fused-ring (bicyclic) bond motifs is 5. The third-order valence-electron chi connectivity index (χ3n) is 11.7. The Labute approximate surface area is 210 Å². The number of carbonyl (C=O) groups excluding carboxylic acids is 1. The summed E-state index contributed by atoms with van der Waals surface area (Å²) in [6.07, 6.45) is 17.5. The van der Waals surface area contributed by atoms with Gasteiger partial charge in [-0.2, -0.15) is 0 Å². The largest absolute Gasteiger partial charge is 0.469 e. The van der Waals surface area contributed by atoms with Gasteiger partial charge in [0.15, 0.2) is 0 Å². The van der Waals surface area contributed by atoms with E-state index in [1.54, 1.807) is 0 Å². The Morgan fingerprint density at radius 2 is 1.65 bits per heavy atom. The van der Waals surface area contributed by atoms with E-state index in [9.17, 15) is 4.79 Å². The average Bonchev–Trinajstić information content (AvgIpc) is 3.16. The topological polar surface area (TPSA) is 35.5 Å². The van der Waals surface area contributed by atoms with Gasteiger partial charge in [0.05, 0.1) is 26.2 Å². The van der Waals surface area contributed by atoms with Gasteiger partial charge in [0, 0.05) is 0 Å². The highest BCUT2D eigenvalue weighted by Crippen LogP contribution is 2.68. The summed E-state index contributed by atoms with van der Waals surface area (Å²) < 4.78 is 10.9. The molecule has 0 aromatic rings. The number of methoxy groups -OCH3 is 1. The van der Waals surface area contributed by atoms with E-state index >= 15 is 0 Å². The molecule has 3 heteroatoms. The molecule has 0 radical (unpaired) electrons. The zero-order valence-electron chi connectivity index (χ0n) is 23.2. The molecule has 0 aromatic heterocycles. The number of hydrogen-bond donors (Lipinski definition) is 0. The maximum absolute atomic E-state index is 11.4. The third kappa shape index (κ3) is 5.12. The zero-order chi connectivity index (χ0) is 24.5. The van der Waals surface area contributed by atoms with Gasteiger partial charge in [0.2, 0.25) is 0 Å². The Bertz CT molecular complexity index is 688. The number of esters is 1. The molecule has 4 aliphatic rings. The maximum Gasteiger partial charge on any atom is 0.307 e. The number of rotatable bonds is 9. The molecular weight excluding hydrogens is 420 g/mol. The average molecular weight is 475 g/mol. The van der Waals surface area contributed by atoms with Crippen LogP contribution in [0.25, 0.3) is 0 Å². The van der Waals surface area contributed by atoms with Gasteiger partial charge in [-0.25, -0.2) is 0 Å². The van der Waals surface area contributed by atoms with Crippen LogP contribution in [0.15, 0.2) is 0 Å². The van der Waals surface area contributed by atoms with Crippen molar-refractivity contribution in [3.63, 3.8) is 0 Å². The molecule has 0 saturated heterocycles. The molecule has 0 spiro atoms. The van der Waals surface area contributed by atoms with Crippen LogP contribution in [-0.4, -0.2) is 25.8 Å². The molecule has 4 aliphatic carbocycles. The lowest BCUT2D eigenvalue weighted by Gasteiger charge is -2.61. The zero-order valence-corrected chi connectivity index (χ0v) is 23.2. The summed E-state index contributed by atoms with van der Waals surface area (Å²) >= 11 is 0. The minimum atomic E-state index is -0.157. The van der Waals surface area contributed by atoms with Crippen molar-refractivity contribution in [2.75, 3.05) is 13.7 Å². The standard InChI is InChI=1S/C31H54O3/c1-21(2)8-7-9-22(3)26-12-13-27-25-11-10-23-20-24(34-19-16-29(32)33-6)14-17-30(23,4)28(25)15-18-31(26,27)5/h21-28H,7-20H2,1-6H3/t22?,23?,24?,25?,26-,27?,28?,30+,31-/m1/s1. The fourth-order valence-electron chi connectivity index (χ4n) is 9.81. The Morgan fingerprint density at radius 1 is 0.912 bits per heavy atom. The van der Waals surface area contributed by atoms with E-state index in [0.29, 0.717) is 30.0 Å². The van der Waals surface area contributed by atoms with Crippen molar-refractivity contribution < 1.29 is 14.3 Å². The van der Waals surface area contributed by atoms with Crippen molar-refractivity contribution in [1.29, 1.82) is 0 Å². The predicted molar refractivity (Wildman–Crippen MR) is 139 cm³/mol. The molecule has 4 fully saturated rings. The van der Waals surface area contributed by atoms with Gasteiger partial charge >= 0.3 is 5.97 Å². The van der Waals surface area contributed by atoms with Crippen molar-refractivity contribution in [2.24, 2.45) is 52.3 Å². The molecule has 34 heavy (non-hydrogen) atoms. The quantitative estimate of drug-likeness (QED) is 0.317. The summed E-state index contributed by atoms with van der Waals surface area (Å²) in [6, 6.07) is 0. The first-order valence-electron chi connectivity index (χ1n) is 14.9. The van der Waals surface area contributed by atoms with Crippen LogP contribution in [-0.2, 0) is 14.3 Å². The molecule has 196 valence electrons. The fraction of sp³-hybridized carbons (Fsp3) is 0.968. The lowest BCUT2D eigenvalue weighted by molar-refractivity contribution is -0.146. The van der Waals surface area contributed by atoms with Gasteiger partial charge < -0.3 is 9.47 Å². The van der Waals surface area contributed by atoms with Crippen molar-refractivity contribution in [2.45, 2.75) is 124 Å². The lowest BCUT2D eigenvalue weighted by atomic mass is 9.44. The Morgan fingerprint density at radius 3 is 2.38 bits per heavy atom. The summed E-state index contributed by atoms with van der Waals surface area (Å²) in [4.78, 5) is 11.4. The van der Waals surface area contributed by atoms with Crippen LogP contribution in [0.1, 0.15) is 118 Å². The fourth-order valence-corrected chi connectivity index (χ4v) is 9.81. The molecule has 0 heterocycles. The molecule has 0 N–H and O–H groups in total. The third-order valence-corrected chi connectivity index (χ3v) is 11.7. The molecule has 3 nitrogen and oxygen atoms in total. The number of ether oxygens (including phenoxy) is 2. The van der Waals surface area contributed by atoms with E-state index in [4.69, 9.17) is 9.47 Å². The first kappa shape index (κ1) is 26.5. The van der Waals surface area contributed by atoms with E-state index in [0.717, 1.165) is 41.4 Å². The molecule has 0 aliphatic heterocycles. The first-order chi connectivity index (χ1) is 16.2. The molecule has 9 atom stereocenters. The van der Waals surface area contributed by atoms with Gasteiger partial charge in [-0.1, -0.05) is 53.9 Å². The highest BCUT2D eigenvalue weighted by molar-refractivity contribution is 5.69. The van der Waals surface area contributed by atoms with Crippen LogP contribution >= 0.6 is 0 Å².